The Bertz CT molecular complexity index is 132. The van der Waals surface area contributed by atoms with Gasteiger partial charge in [0, 0.05) is 10.8 Å². The number of hydrogen-bond acceptors (Lipinski definition) is 4. The van der Waals surface area contributed by atoms with E-state index in [0.717, 1.165) is 15.8 Å². The van der Waals surface area contributed by atoms with Gasteiger partial charge in [-0.1, -0.05) is 5.16 Å². The normalized spacial score (nSPS) is 29.3. The molecule has 1 atom stereocenters. The predicted molar refractivity (Wildman–Crippen MR) is 29.9 cm³/mol. The van der Waals surface area contributed by atoms with Gasteiger partial charge in [0.25, 0.3) is 10.1 Å². The number of rotatable bonds is 0. The molecule has 3 nitrogen and oxygen atoms in total. The van der Waals surface area contributed by atoms with Crippen molar-refractivity contribution in [3.05, 3.63) is 0 Å². The van der Waals surface area contributed by atoms with Gasteiger partial charge >= 0.3 is 0 Å². The van der Waals surface area contributed by atoms with Gasteiger partial charge in [-0.3, -0.25) is 4.28 Å². The lowest BCUT2D eigenvalue weighted by molar-refractivity contribution is 0.388. The highest BCUT2D eigenvalue weighted by molar-refractivity contribution is 8.74. The van der Waals surface area contributed by atoms with E-state index < -0.39 is 10.1 Å². The van der Waals surface area contributed by atoms with Crippen molar-refractivity contribution in [1.82, 2.24) is 0 Å². The third-order valence-electron chi connectivity index (χ3n) is 0.415. The Morgan fingerprint density at radius 1 is 2.00 bits per heavy atom. The van der Waals surface area contributed by atoms with Crippen LogP contribution in [0.3, 0.4) is 0 Å². The Hall–Kier alpha value is -0.0300. The minimum absolute atomic E-state index is 0.721. The molecule has 0 spiro atoms. The summed E-state index contributed by atoms with van der Waals surface area (Å²) in [6.07, 6.45) is 0. The molecule has 0 bridgehead atoms. The molecule has 5 heteroatoms. The molecule has 0 N–H and O–H groups in total. The van der Waals surface area contributed by atoms with Crippen molar-refractivity contribution in [3.8, 4) is 0 Å². The van der Waals surface area contributed by atoms with Gasteiger partial charge in [-0.2, -0.15) is 0 Å². The molecule has 0 amide bonds. The van der Waals surface area contributed by atoms with Crippen LogP contribution in [0.5, 0.6) is 0 Å². The minimum Gasteiger partial charge on any atom is -0.280 e. The summed E-state index contributed by atoms with van der Waals surface area (Å²) in [5.41, 5.74) is 0. The highest BCUT2D eigenvalue weighted by Gasteiger charge is 2.11. The van der Waals surface area contributed by atoms with E-state index in [4.69, 9.17) is 0 Å². The molecule has 0 aromatic heterocycles. The number of nitrogens with zero attached hydrogens (tertiary/aromatic N) is 1. The Balaban J connectivity index is 2.58. The standard InChI is InChI=1S/C2H3NO2S2/c1-2-3-5-7(4)6-2/h1H3. The molecule has 1 heterocycles. The van der Waals surface area contributed by atoms with Crippen LogP contribution in [-0.2, 0) is 14.4 Å². The largest absolute Gasteiger partial charge is 0.300 e. The summed E-state index contributed by atoms with van der Waals surface area (Å²) in [6.45, 7) is 1.75. The van der Waals surface area contributed by atoms with Crippen LogP contribution in [0.2, 0.25) is 0 Å². The highest BCUT2D eigenvalue weighted by Crippen LogP contribution is 2.18. The first kappa shape index (κ1) is 5.11. The Labute approximate surface area is 47.2 Å². The first-order chi connectivity index (χ1) is 3.29. The van der Waals surface area contributed by atoms with Crippen LogP contribution in [0.4, 0.5) is 0 Å². The van der Waals surface area contributed by atoms with Crippen LogP contribution in [0, 0.1) is 0 Å². The monoisotopic (exact) mass is 137 g/mol. The molecule has 0 aliphatic carbocycles. The summed E-state index contributed by atoms with van der Waals surface area (Å²) in [5, 5.41) is 4.12. The molecule has 0 aromatic carbocycles. The summed E-state index contributed by atoms with van der Waals surface area (Å²) >= 11 is 0. The molecular weight excluding hydrogens is 134 g/mol. The third-order valence-corrected chi connectivity index (χ3v) is 2.38. The molecule has 7 heavy (non-hydrogen) atoms. The fourth-order valence-corrected chi connectivity index (χ4v) is 1.59. The number of hydrogen-bond donors (Lipinski definition) is 0. The second kappa shape index (κ2) is 1.83. The lowest BCUT2D eigenvalue weighted by atomic mass is 10.9. The molecule has 0 fully saturated rings. The SMILES string of the molecule is CC1=NOS(=O)S1. The molecule has 1 unspecified atom stereocenters. The van der Waals surface area contributed by atoms with Gasteiger partial charge in [-0.25, -0.2) is 4.21 Å². The maximum Gasteiger partial charge on any atom is 0.300 e. The minimum atomic E-state index is -1.24. The van der Waals surface area contributed by atoms with Crippen molar-refractivity contribution in [2.75, 3.05) is 0 Å². The molecule has 1 rings (SSSR count). The Kier molecular flexibility index (Phi) is 1.34. The average Bonchev–Trinajstić information content (AvgIpc) is 1.87. The highest BCUT2D eigenvalue weighted by atomic mass is 33.1. The van der Waals surface area contributed by atoms with Gasteiger partial charge < -0.3 is 0 Å². The van der Waals surface area contributed by atoms with Gasteiger partial charge in [-0.15, -0.1) is 0 Å². The molecule has 0 aromatic rings. The smallest absolute Gasteiger partial charge is 0.280 e. The van der Waals surface area contributed by atoms with Gasteiger partial charge in [0.1, 0.15) is 5.04 Å². The maximum atomic E-state index is 10.2. The van der Waals surface area contributed by atoms with Crippen molar-refractivity contribution >= 4 is 26.0 Å². The topological polar surface area (TPSA) is 38.7 Å². The van der Waals surface area contributed by atoms with Crippen molar-refractivity contribution < 1.29 is 8.49 Å². The van der Waals surface area contributed by atoms with Crippen molar-refractivity contribution in [2.24, 2.45) is 5.16 Å². The zero-order valence-electron chi connectivity index (χ0n) is 3.58. The van der Waals surface area contributed by atoms with Crippen LogP contribution in [0.15, 0.2) is 5.16 Å². The van der Waals surface area contributed by atoms with Crippen LogP contribution in [0.1, 0.15) is 6.92 Å². The first-order valence-electron chi connectivity index (χ1n) is 1.61. The fraction of sp³-hybridized carbons (Fsp3) is 0.500. The van der Waals surface area contributed by atoms with E-state index in [0.29, 0.717) is 0 Å². The summed E-state index contributed by atoms with van der Waals surface area (Å²) < 4.78 is 14.5. The first-order valence-corrected chi connectivity index (χ1v) is 4.02. The summed E-state index contributed by atoms with van der Waals surface area (Å²) in [6, 6.07) is 0. The van der Waals surface area contributed by atoms with Gasteiger partial charge in [0.15, 0.2) is 0 Å². The van der Waals surface area contributed by atoms with Crippen LogP contribution in [0.25, 0.3) is 0 Å². The molecule has 1 aliphatic heterocycles. The van der Waals surface area contributed by atoms with Crippen LogP contribution < -0.4 is 0 Å². The van der Waals surface area contributed by atoms with E-state index in [-0.39, 0.29) is 0 Å². The molecule has 40 valence electrons. The molecule has 1 aliphatic rings. The van der Waals surface area contributed by atoms with Crippen molar-refractivity contribution in [3.63, 3.8) is 0 Å². The second-order valence-electron chi connectivity index (χ2n) is 0.972. The van der Waals surface area contributed by atoms with Gasteiger partial charge in [0.2, 0.25) is 0 Å². The van der Waals surface area contributed by atoms with Crippen LogP contribution in [-0.4, -0.2) is 9.25 Å². The van der Waals surface area contributed by atoms with E-state index in [2.05, 4.69) is 9.44 Å². The second-order valence-corrected chi connectivity index (χ2v) is 3.60. The van der Waals surface area contributed by atoms with E-state index in [1.165, 1.54) is 0 Å². The quantitative estimate of drug-likeness (QED) is 0.460. The van der Waals surface area contributed by atoms with Gasteiger partial charge in [-0.05, 0) is 6.92 Å². The average molecular weight is 137 g/mol. The zero-order chi connectivity index (χ0) is 5.28. The van der Waals surface area contributed by atoms with E-state index in [1.807, 2.05) is 0 Å². The molecule has 0 saturated carbocycles. The van der Waals surface area contributed by atoms with E-state index >= 15 is 0 Å². The molecule has 0 radical (unpaired) electrons. The summed E-state index contributed by atoms with van der Waals surface area (Å²) in [4.78, 5) is 0. The fourth-order valence-electron chi connectivity index (χ4n) is 0.212. The lowest BCUT2D eigenvalue weighted by Crippen LogP contribution is -1.73. The summed E-state index contributed by atoms with van der Waals surface area (Å²) in [7, 11) is -0.120. The molecule has 0 saturated heterocycles. The van der Waals surface area contributed by atoms with Crippen molar-refractivity contribution in [2.45, 2.75) is 6.92 Å². The zero-order valence-corrected chi connectivity index (χ0v) is 5.21. The number of oxime groups is 1. The third kappa shape index (κ3) is 1.17. The summed E-state index contributed by atoms with van der Waals surface area (Å²) in [5.74, 6) is 0. The van der Waals surface area contributed by atoms with Gasteiger partial charge in [0.05, 0.1) is 0 Å². The lowest BCUT2D eigenvalue weighted by Gasteiger charge is -1.75. The Morgan fingerprint density at radius 3 is 2.86 bits per heavy atom. The maximum absolute atomic E-state index is 10.2. The molecular formula is C2H3NO2S2. The Morgan fingerprint density at radius 2 is 2.71 bits per heavy atom. The van der Waals surface area contributed by atoms with E-state index in [1.54, 1.807) is 6.92 Å². The van der Waals surface area contributed by atoms with Crippen LogP contribution >= 0.6 is 10.8 Å². The van der Waals surface area contributed by atoms with Crippen molar-refractivity contribution in [1.29, 1.82) is 0 Å². The predicted octanol–water partition coefficient (Wildman–Crippen LogP) is 0.662. The van der Waals surface area contributed by atoms with E-state index in [9.17, 15) is 4.21 Å².